The van der Waals surface area contributed by atoms with Gasteiger partial charge in [0.1, 0.15) is 11.5 Å². The van der Waals surface area contributed by atoms with Gasteiger partial charge in [-0.25, -0.2) is 9.18 Å². The van der Waals surface area contributed by atoms with E-state index in [2.05, 4.69) is 5.32 Å². The molecule has 176 valence electrons. The predicted molar refractivity (Wildman–Crippen MR) is 117 cm³/mol. The van der Waals surface area contributed by atoms with Crippen LogP contribution in [0.4, 0.5) is 10.1 Å². The highest BCUT2D eigenvalue weighted by Crippen LogP contribution is 2.45. The van der Waals surface area contributed by atoms with Gasteiger partial charge in [-0.05, 0) is 37.1 Å². The molecule has 0 aliphatic carbocycles. The third-order valence-corrected chi connectivity index (χ3v) is 5.55. The fraction of sp³-hybridized carbons (Fsp3) is 0.348. The lowest BCUT2D eigenvalue weighted by Gasteiger charge is -2.31. The minimum Gasteiger partial charge on any atom is -0.493 e. The van der Waals surface area contributed by atoms with E-state index in [-0.39, 0.29) is 34.4 Å². The summed E-state index contributed by atoms with van der Waals surface area (Å²) in [7, 11) is 4.07. The van der Waals surface area contributed by atoms with Gasteiger partial charge in [0, 0.05) is 30.6 Å². The molecular formula is C23H25FN2O7. The van der Waals surface area contributed by atoms with Gasteiger partial charge in [-0.1, -0.05) is 0 Å². The number of halogens is 1. The van der Waals surface area contributed by atoms with E-state index in [0.717, 1.165) is 0 Å². The molecular weight excluding hydrogens is 435 g/mol. The second-order valence-electron chi connectivity index (χ2n) is 7.44. The predicted octanol–water partition coefficient (Wildman–Crippen LogP) is 3.04. The summed E-state index contributed by atoms with van der Waals surface area (Å²) in [5, 5.41) is 12.3. The number of carboxylic acids is 1. The first kappa shape index (κ1) is 23.8. The minimum atomic E-state index is -1.27. The summed E-state index contributed by atoms with van der Waals surface area (Å²) in [5.74, 6) is -2.43. The molecule has 2 aromatic carbocycles. The van der Waals surface area contributed by atoms with Crippen LogP contribution in [0.5, 0.6) is 17.2 Å². The number of nitrogens with zero attached hydrogens (tertiary/aromatic N) is 1. The maximum Gasteiger partial charge on any atom is 0.338 e. The van der Waals surface area contributed by atoms with E-state index in [1.165, 1.54) is 51.7 Å². The number of ether oxygens (including phenoxy) is 3. The highest BCUT2D eigenvalue weighted by molar-refractivity contribution is 6.04. The highest BCUT2D eigenvalue weighted by atomic mass is 19.1. The largest absolute Gasteiger partial charge is 0.493 e. The molecule has 2 N–H and O–H groups in total. The summed E-state index contributed by atoms with van der Waals surface area (Å²) in [6.07, 6.45) is 0.771. The second-order valence-corrected chi connectivity index (χ2v) is 7.44. The molecule has 1 fully saturated rings. The molecule has 1 saturated heterocycles. The van der Waals surface area contributed by atoms with Crippen LogP contribution < -0.4 is 19.5 Å². The van der Waals surface area contributed by atoms with Crippen LogP contribution in [-0.4, -0.2) is 62.2 Å². The molecule has 0 radical (unpaired) electrons. The van der Waals surface area contributed by atoms with Crippen molar-refractivity contribution in [2.75, 3.05) is 39.7 Å². The first-order chi connectivity index (χ1) is 15.8. The molecule has 0 aromatic heterocycles. The first-order valence-corrected chi connectivity index (χ1v) is 10.2. The lowest BCUT2D eigenvalue weighted by molar-refractivity contribution is -0.121. The second kappa shape index (κ2) is 10.2. The zero-order chi connectivity index (χ0) is 24.1. The first-order valence-electron chi connectivity index (χ1n) is 10.2. The summed E-state index contributed by atoms with van der Waals surface area (Å²) >= 11 is 0. The van der Waals surface area contributed by atoms with E-state index in [4.69, 9.17) is 14.2 Å². The summed E-state index contributed by atoms with van der Waals surface area (Å²) in [4.78, 5) is 39.0. The van der Waals surface area contributed by atoms with Gasteiger partial charge in [0.05, 0.1) is 26.9 Å². The number of likely N-dealkylation sites (tertiary alicyclic amines) is 1. The van der Waals surface area contributed by atoms with Crippen molar-refractivity contribution in [3.63, 3.8) is 0 Å². The minimum absolute atomic E-state index is 0.0301. The van der Waals surface area contributed by atoms with Crippen molar-refractivity contribution in [1.82, 2.24) is 4.90 Å². The van der Waals surface area contributed by atoms with Gasteiger partial charge in [0.25, 0.3) is 5.91 Å². The van der Waals surface area contributed by atoms with Gasteiger partial charge in [-0.3, -0.25) is 9.59 Å². The Morgan fingerprint density at radius 3 is 2.12 bits per heavy atom. The number of amides is 2. The maximum absolute atomic E-state index is 13.1. The average molecular weight is 460 g/mol. The molecule has 2 amide bonds. The Kier molecular flexibility index (Phi) is 7.37. The lowest BCUT2D eigenvalue weighted by Crippen LogP contribution is -2.41. The van der Waals surface area contributed by atoms with Gasteiger partial charge >= 0.3 is 5.97 Å². The van der Waals surface area contributed by atoms with E-state index in [1.54, 1.807) is 4.90 Å². The standard InChI is InChI=1S/C23H25FN2O7/c1-31-17-12-16(23(29)30)18(20(33-3)19(17)32-2)25-21(27)13-8-10-26(11-9-13)22(28)14-4-6-15(24)7-5-14/h4-7,12-13H,8-11H2,1-3H3,(H,25,27)(H,29,30). The summed E-state index contributed by atoms with van der Waals surface area (Å²) in [5.41, 5.74) is 0.139. The molecule has 0 bridgehead atoms. The van der Waals surface area contributed by atoms with E-state index in [0.29, 0.717) is 31.5 Å². The van der Waals surface area contributed by atoms with E-state index >= 15 is 0 Å². The van der Waals surface area contributed by atoms with E-state index in [1.807, 2.05) is 0 Å². The van der Waals surface area contributed by atoms with Gasteiger partial charge < -0.3 is 29.5 Å². The SMILES string of the molecule is COc1cc(C(=O)O)c(NC(=O)C2CCN(C(=O)c3ccc(F)cc3)CC2)c(OC)c1OC. The molecule has 0 spiro atoms. The van der Waals surface area contributed by atoms with Crippen LogP contribution in [0.2, 0.25) is 0 Å². The Morgan fingerprint density at radius 2 is 1.61 bits per heavy atom. The van der Waals surface area contributed by atoms with E-state index < -0.39 is 23.6 Å². The van der Waals surface area contributed by atoms with Gasteiger partial charge in [0.2, 0.25) is 11.7 Å². The molecule has 3 rings (SSSR count). The number of nitrogens with one attached hydrogen (secondary N) is 1. The Bertz CT molecular complexity index is 1050. The number of benzene rings is 2. The van der Waals surface area contributed by atoms with Crippen LogP contribution in [0.1, 0.15) is 33.6 Å². The van der Waals surface area contributed by atoms with Crippen LogP contribution in [0, 0.1) is 11.7 Å². The molecule has 10 heteroatoms. The summed E-state index contributed by atoms with van der Waals surface area (Å²) in [6, 6.07) is 6.55. The zero-order valence-corrected chi connectivity index (χ0v) is 18.5. The number of piperidine rings is 1. The molecule has 9 nitrogen and oxygen atoms in total. The zero-order valence-electron chi connectivity index (χ0n) is 18.5. The summed E-state index contributed by atoms with van der Waals surface area (Å²) in [6.45, 7) is 0.673. The van der Waals surface area contributed by atoms with Crippen LogP contribution in [0.3, 0.4) is 0 Å². The molecule has 33 heavy (non-hydrogen) atoms. The number of carbonyl (C=O) groups is 3. The maximum atomic E-state index is 13.1. The van der Waals surface area contributed by atoms with Crippen molar-refractivity contribution < 1.29 is 38.1 Å². The molecule has 1 heterocycles. The number of rotatable bonds is 7. The molecule has 1 aliphatic heterocycles. The number of carbonyl (C=O) groups excluding carboxylic acids is 2. The van der Waals surface area contributed by atoms with Crippen molar-refractivity contribution in [1.29, 1.82) is 0 Å². The number of aromatic carboxylic acids is 1. The topological polar surface area (TPSA) is 114 Å². The molecule has 0 unspecified atom stereocenters. The van der Waals surface area contributed by atoms with Crippen molar-refractivity contribution in [2.45, 2.75) is 12.8 Å². The van der Waals surface area contributed by atoms with Gasteiger partial charge in [-0.15, -0.1) is 0 Å². The van der Waals surface area contributed by atoms with Crippen LogP contribution in [0.25, 0.3) is 0 Å². The Balaban J connectivity index is 1.75. The Morgan fingerprint density at radius 1 is 1.00 bits per heavy atom. The van der Waals surface area contributed by atoms with Crippen molar-refractivity contribution in [3.05, 3.63) is 47.3 Å². The van der Waals surface area contributed by atoms with Crippen molar-refractivity contribution in [2.24, 2.45) is 5.92 Å². The number of carboxylic acid groups (broad SMARTS) is 1. The molecule has 0 saturated carbocycles. The lowest BCUT2D eigenvalue weighted by atomic mass is 9.95. The number of anilines is 1. The summed E-state index contributed by atoms with van der Waals surface area (Å²) < 4.78 is 28.9. The smallest absolute Gasteiger partial charge is 0.338 e. The van der Waals surface area contributed by atoms with Crippen LogP contribution in [-0.2, 0) is 4.79 Å². The number of hydrogen-bond donors (Lipinski definition) is 2. The van der Waals surface area contributed by atoms with Crippen LogP contribution >= 0.6 is 0 Å². The van der Waals surface area contributed by atoms with Crippen molar-refractivity contribution in [3.8, 4) is 17.2 Å². The molecule has 1 aliphatic rings. The third kappa shape index (κ3) is 5.00. The Hall–Kier alpha value is -3.82. The molecule has 0 atom stereocenters. The average Bonchev–Trinajstić information content (AvgIpc) is 2.83. The highest BCUT2D eigenvalue weighted by Gasteiger charge is 2.31. The normalized spacial score (nSPS) is 13.9. The fourth-order valence-corrected chi connectivity index (χ4v) is 3.79. The third-order valence-electron chi connectivity index (χ3n) is 5.55. The monoisotopic (exact) mass is 460 g/mol. The Labute approximate surface area is 190 Å². The van der Waals surface area contributed by atoms with Gasteiger partial charge in [-0.2, -0.15) is 0 Å². The number of hydrogen-bond acceptors (Lipinski definition) is 6. The molecule has 2 aromatic rings. The quantitative estimate of drug-likeness (QED) is 0.653. The van der Waals surface area contributed by atoms with Gasteiger partial charge in [0.15, 0.2) is 11.5 Å². The van der Waals surface area contributed by atoms with Crippen LogP contribution in [0.15, 0.2) is 30.3 Å². The number of methoxy groups -OCH3 is 3. The van der Waals surface area contributed by atoms with E-state index in [9.17, 15) is 23.9 Å². The fourth-order valence-electron chi connectivity index (χ4n) is 3.79. The van der Waals surface area contributed by atoms with Crippen molar-refractivity contribution >= 4 is 23.5 Å².